The molecule has 4 heteroatoms. The molecule has 1 aromatic heterocycles. The van der Waals surface area contributed by atoms with Crippen LogP contribution < -0.4 is 10.2 Å². The predicted molar refractivity (Wildman–Crippen MR) is 81.0 cm³/mol. The van der Waals surface area contributed by atoms with E-state index < -0.39 is 0 Å². The van der Waals surface area contributed by atoms with Gasteiger partial charge in [-0.1, -0.05) is 13.8 Å². The number of aromatic nitrogens is 2. The predicted octanol–water partition coefficient (Wildman–Crippen LogP) is 3.16. The van der Waals surface area contributed by atoms with Crippen LogP contribution in [0.3, 0.4) is 0 Å². The molecule has 4 nitrogen and oxygen atoms in total. The molecule has 19 heavy (non-hydrogen) atoms. The number of anilines is 2. The van der Waals surface area contributed by atoms with Crippen LogP contribution in [-0.4, -0.2) is 29.1 Å². The highest BCUT2D eigenvalue weighted by atomic mass is 15.2. The van der Waals surface area contributed by atoms with Crippen molar-refractivity contribution in [1.29, 1.82) is 0 Å². The first kappa shape index (κ1) is 14.1. The Morgan fingerprint density at radius 3 is 2.68 bits per heavy atom. The molecule has 0 aromatic carbocycles. The molecule has 0 spiro atoms. The summed E-state index contributed by atoms with van der Waals surface area (Å²) in [5.41, 5.74) is 1.19. The smallest absolute Gasteiger partial charge is 0.137 e. The molecule has 2 heterocycles. The SMILES string of the molecule is CCCNc1nc(CC)nc(N2CCCC2C)c1C. The van der Waals surface area contributed by atoms with Crippen molar-refractivity contribution in [2.75, 3.05) is 23.3 Å². The quantitative estimate of drug-likeness (QED) is 0.885. The maximum Gasteiger partial charge on any atom is 0.137 e. The van der Waals surface area contributed by atoms with Crippen LogP contribution in [0.5, 0.6) is 0 Å². The summed E-state index contributed by atoms with van der Waals surface area (Å²) in [5, 5.41) is 3.44. The van der Waals surface area contributed by atoms with Crippen molar-refractivity contribution in [2.45, 2.75) is 59.4 Å². The van der Waals surface area contributed by atoms with E-state index in [1.807, 2.05) is 0 Å². The van der Waals surface area contributed by atoms with Gasteiger partial charge in [-0.15, -0.1) is 0 Å². The molecule has 0 aliphatic carbocycles. The minimum absolute atomic E-state index is 0.595. The average molecular weight is 262 g/mol. The summed E-state index contributed by atoms with van der Waals surface area (Å²) in [7, 11) is 0. The van der Waals surface area contributed by atoms with Gasteiger partial charge in [-0.2, -0.15) is 0 Å². The Kier molecular flexibility index (Phi) is 4.61. The van der Waals surface area contributed by atoms with E-state index in [0.29, 0.717) is 6.04 Å². The van der Waals surface area contributed by atoms with Gasteiger partial charge in [-0.25, -0.2) is 9.97 Å². The monoisotopic (exact) mass is 262 g/mol. The molecule has 106 valence electrons. The van der Waals surface area contributed by atoms with Crippen molar-refractivity contribution in [2.24, 2.45) is 0 Å². The molecule has 1 saturated heterocycles. The van der Waals surface area contributed by atoms with Crippen molar-refractivity contribution in [1.82, 2.24) is 9.97 Å². The molecule has 0 bridgehead atoms. The first-order valence-corrected chi connectivity index (χ1v) is 7.55. The zero-order chi connectivity index (χ0) is 13.8. The van der Waals surface area contributed by atoms with Crippen LogP contribution in [0.4, 0.5) is 11.6 Å². The third kappa shape index (κ3) is 2.99. The van der Waals surface area contributed by atoms with Gasteiger partial charge in [-0.05, 0) is 33.1 Å². The Morgan fingerprint density at radius 1 is 1.32 bits per heavy atom. The maximum atomic E-state index is 4.77. The summed E-state index contributed by atoms with van der Waals surface area (Å²) in [4.78, 5) is 11.8. The highest BCUT2D eigenvalue weighted by molar-refractivity contribution is 5.59. The molecular formula is C15H26N4. The molecule has 0 radical (unpaired) electrons. The summed E-state index contributed by atoms with van der Waals surface area (Å²) < 4.78 is 0. The van der Waals surface area contributed by atoms with Gasteiger partial charge in [0.2, 0.25) is 0 Å². The van der Waals surface area contributed by atoms with E-state index in [0.717, 1.165) is 43.4 Å². The molecule has 1 aliphatic heterocycles. The second kappa shape index (κ2) is 6.22. The average Bonchev–Trinajstić information content (AvgIpc) is 2.84. The van der Waals surface area contributed by atoms with Crippen LogP contribution in [0.1, 0.15) is 51.4 Å². The molecule has 1 N–H and O–H groups in total. The summed E-state index contributed by atoms with van der Waals surface area (Å²) in [6.07, 6.45) is 4.53. The number of aryl methyl sites for hydroxylation is 1. The first-order valence-electron chi connectivity index (χ1n) is 7.55. The van der Waals surface area contributed by atoms with Crippen molar-refractivity contribution in [3.05, 3.63) is 11.4 Å². The van der Waals surface area contributed by atoms with Gasteiger partial charge in [-0.3, -0.25) is 0 Å². The molecular weight excluding hydrogens is 236 g/mol. The van der Waals surface area contributed by atoms with Gasteiger partial charge in [0.25, 0.3) is 0 Å². The highest BCUT2D eigenvalue weighted by Crippen LogP contribution is 2.29. The molecule has 1 atom stereocenters. The van der Waals surface area contributed by atoms with Gasteiger partial charge < -0.3 is 10.2 Å². The lowest BCUT2D eigenvalue weighted by Gasteiger charge is -2.26. The van der Waals surface area contributed by atoms with Crippen LogP contribution in [0.15, 0.2) is 0 Å². The normalized spacial score (nSPS) is 18.9. The third-order valence-corrected chi connectivity index (χ3v) is 3.85. The Hall–Kier alpha value is -1.32. The number of nitrogens with zero attached hydrogens (tertiary/aromatic N) is 3. The van der Waals surface area contributed by atoms with Crippen LogP contribution in [0.25, 0.3) is 0 Å². The van der Waals surface area contributed by atoms with Crippen LogP contribution in [0, 0.1) is 6.92 Å². The fourth-order valence-electron chi connectivity index (χ4n) is 2.65. The Bertz CT molecular complexity index is 430. The molecule has 2 rings (SSSR count). The van der Waals surface area contributed by atoms with Crippen LogP contribution in [0.2, 0.25) is 0 Å². The minimum Gasteiger partial charge on any atom is -0.370 e. The van der Waals surface area contributed by atoms with E-state index in [2.05, 4.69) is 42.9 Å². The van der Waals surface area contributed by atoms with Crippen molar-refractivity contribution in [3.63, 3.8) is 0 Å². The number of hydrogen-bond donors (Lipinski definition) is 1. The third-order valence-electron chi connectivity index (χ3n) is 3.85. The fourth-order valence-corrected chi connectivity index (χ4v) is 2.65. The van der Waals surface area contributed by atoms with Crippen molar-refractivity contribution < 1.29 is 0 Å². The number of nitrogens with one attached hydrogen (secondary N) is 1. The van der Waals surface area contributed by atoms with Gasteiger partial charge in [0, 0.05) is 31.1 Å². The number of rotatable bonds is 5. The second-order valence-corrected chi connectivity index (χ2v) is 5.40. The lowest BCUT2D eigenvalue weighted by Crippen LogP contribution is -2.29. The summed E-state index contributed by atoms with van der Waals surface area (Å²) >= 11 is 0. The van der Waals surface area contributed by atoms with Gasteiger partial charge in [0.1, 0.15) is 17.5 Å². The van der Waals surface area contributed by atoms with E-state index in [4.69, 9.17) is 4.98 Å². The molecule has 1 fully saturated rings. The maximum absolute atomic E-state index is 4.77. The van der Waals surface area contributed by atoms with Gasteiger partial charge in [0.05, 0.1) is 0 Å². The first-order chi connectivity index (χ1) is 9.17. The summed E-state index contributed by atoms with van der Waals surface area (Å²) in [6, 6.07) is 0.595. The largest absolute Gasteiger partial charge is 0.370 e. The van der Waals surface area contributed by atoms with Crippen molar-refractivity contribution >= 4 is 11.6 Å². The minimum atomic E-state index is 0.595. The zero-order valence-corrected chi connectivity index (χ0v) is 12.7. The summed E-state index contributed by atoms with van der Waals surface area (Å²) in [6.45, 7) is 10.8. The highest BCUT2D eigenvalue weighted by Gasteiger charge is 2.24. The molecule has 1 aliphatic rings. The van der Waals surface area contributed by atoms with Crippen LogP contribution >= 0.6 is 0 Å². The van der Waals surface area contributed by atoms with Crippen molar-refractivity contribution in [3.8, 4) is 0 Å². The number of hydrogen-bond acceptors (Lipinski definition) is 4. The summed E-state index contributed by atoms with van der Waals surface area (Å²) in [5.74, 6) is 3.09. The van der Waals surface area contributed by atoms with E-state index in [9.17, 15) is 0 Å². The standard InChI is InChI=1S/C15H26N4/c1-5-9-16-14-12(4)15(18-13(6-2)17-14)19-10-7-8-11(19)3/h11H,5-10H2,1-4H3,(H,16,17,18). The molecule has 0 amide bonds. The Morgan fingerprint density at radius 2 is 2.11 bits per heavy atom. The second-order valence-electron chi connectivity index (χ2n) is 5.40. The Labute approximate surface area is 116 Å². The van der Waals surface area contributed by atoms with E-state index in [1.54, 1.807) is 0 Å². The molecule has 1 unspecified atom stereocenters. The van der Waals surface area contributed by atoms with Crippen LogP contribution in [-0.2, 0) is 6.42 Å². The lowest BCUT2D eigenvalue weighted by atomic mass is 10.2. The lowest BCUT2D eigenvalue weighted by molar-refractivity contribution is 0.719. The van der Waals surface area contributed by atoms with E-state index >= 15 is 0 Å². The van der Waals surface area contributed by atoms with Gasteiger partial charge in [0.15, 0.2) is 0 Å². The Balaban J connectivity index is 2.35. The fraction of sp³-hybridized carbons (Fsp3) is 0.733. The van der Waals surface area contributed by atoms with Gasteiger partial charge >= 0.3 is 0 Å². The zero-order valence-electron chi connectivity index (χ0n) is 12.7. The van der Waals surface area contributed by atoms with E-state index in [-0.39, 0.29) is 0 Å². The molecule has 0 saturated carbocycles. The topological polar surface area (TPSA) is 41.1 Å². The molecule has 1 aromatic rings. The van der Waals surface area contributed by atoms with E-state index in [1.165, 1.54) is 18.4 Å².